The molecular weight excluding hydrogens is 299 g/mol. The number of nitrogens with two attached hydrogens (primary N) is 1. The summed E-state index contributed by atoms with van der Waals surface area (Å²) >= 11 is 3.42. The van der Waals surface area contributed by atoms with Crippen LogP contribution in [0, 0.1) is 5.82 Å². The van der Waals surface area contributed by atoms with Crippen LogP contribution in [0.25, 0.3) is 0 Å². The highest BCUT2D eigenvalue weighted by atomic mass is 79.9. The SMILES string of the molecule is COc1cc(Nc2ccccc2Br)c(N)cc1F. The van der Waals surface area contributed by atoms with Gasteiger partial charge in [0, 0.05) is 16.6 Å². The molecule has 0 aliphatic rings. The van der Waals surface area contributed by atoms with E-state index in [1.807, 2.05) is 24.3 Å². The van der Waals surface area contributed by atoms with Gasteiger partial charge in [-0.2, -0.15) is 0 Å². The van der Waals surface area contributed by atoms with Crippen molar-refractivity contribution >= 4 is 33.0 Å². The molecule has 0 fully saturated rings. The zero-order valence-electron chi connectivity index (χ0n) is 9.71. The second-order valence-electron chi connectivity index (χ2n) is 3.68. The van der Waals surface area contributed by atoms with E-state index in [4.69, 9.17) is 10.5 Å². The number of hydrogen-bond acceptors (Lipinski definition) is 3. The quantitative estimate of drug-likeness (QED) is 0.845. The largest absolute Gasteiger partial charge is 0.494 e. The molecule has 3 nitrogen and oxygen atoms in total. The summed E-state index contributed by atoms with van der Waals surface area (Å²) < 4.78 is 19.2. The van der Waals surface area contributed by atoms with Gasteiger partial charge in [-0.15, -0.1) is 0 Å². The first-order valence-corrected chi connectivity index (χ1v) is 6.05. The molecule has 0 amide bonds. The van der Waals surface area contributed by atoms with Crippen molar-refractivity contribution in [3.63, 3.8) is 0 Å². The van der Waals surface area contributed by atoms with E-state index in [2.05, 4.69) is 21.2 Å². The van der Waals surface area contributed by atoms with E-state index in [1.165, 1.54) is 19.2 Å². The van der Waals surface area contributed by atoms with Crippen LogP contribution in [0.2, 0.25) is 0 Å². The Hall–Kier alpha value is -1.75. The number of para-hydroxylation sites is 1. The molecule has 0 radical (unpaired) electrons. The Kier molecular flexibility index (Phi) is 3.72. The molecular formula is C13H12BrFN2O. The van der Waals surface area contributed by atoms with Gasteiger partial charge in [-0.05, 0) is 28.1 Å². The number of ether oxygens (including phenoxy) is 1. The number of rotatable bonds is 3. The van der Waals surface area contributed by atoms with Gasteiger partial charge in [-0.1, -0.05) is 12.1 Å². The van der Waals surface area contributed by atoms with Gasteiger partial charge in [0.25, 0.3) is 0 Å². The van der Waals surface area contributed by atoms with Crippen molar-refractivity contribution < 1.29 is 9.13 Å². The van der Waals surface area contributed by atoms with E-state index in [9.17, 15) is 4.39 Å². The molecule has 2 aromatic carbocycles. The molecule has 0 aliphatic carbocycles. The maximum atomic E-state index is 13.4. The van der Waals surface area contributed by atoms with E-state index in [0.29, 0.717) is 11.4 Å². The fourth-order valence-electron chi connectivity index (χ4n) is 1.54. The number of nitrogens with one attached hydrogen (secondary N) is 1. The maximum absolute atomic E-state index is 13.4. The molecule has 2 rings (SSSR count). The van der Waals surface area contributed by atoms with E-state index in [-0.39, 0.29) is 5.75 Å². The molecule has 0 aliphatic heterocycles. The summed E-state index contributed by atoms with van der Waals surface area (Å²) in [7, 11) is 1.41. The zero-order chi connectivity index (χ0) is 13.1. The first kappa shape index (κ1) is 12.7. The molecule has 3 N–H and O–H groups in total. The van der Waals surface area contributed by atoms with Gasteiger partial charge >= 0.3 is 0 Å². The number of benzene rings is 2. The van der Waals surface area contributed by atoms with E-state index < -0.39 is 5.82 Å². The predicted molar refractivity (Wildman–Crippen MR) is 74.8 cm³/mol. The van der Waals surface area contributed by atoms with Gasteiger partial charge in [0.05, 0.1) is 24.2 Å². The summed E-state index contributed by atoms with van der Waals surface area (Å²) in [6.07, 6.45) is 0. The Morgan fingerprint density at radius 3 is 2.61 bits per heavy atom. The van der Waals surface area contributed by atoms with Crippen LogP contribution in [0.4, 0.5) is 21.5 Å². The lowest BCUT2D eigenvalue weighted by molar-refractivity contribution is 0.387. The fraction of sp³-hybridized carbons (Fsp3) is 0.0769. The van der Waals surface area contributed by atoms with Gasteiger partial charge in [0.1, 0.15) is 0 Å². The van der Waals surface area contributed by atoms with Gasteiger partial charge in [-0.3, -0.25) is 0 Å². The van der Waals surface area contributed by atoms with Crippen molar-refractivity contribution in [1.29, 1.82) is 0 Å². The zero-order valence-corrected chi connectivity index (χ0v) is 11.3. The molecule has 5 heteroatoms. The molecule has 0 spiro atoms. The average molecular weight is 311 g/mol. The molecule has 0 saturated heterocycles. The molecule has 0 aromatic heterocycles. The molecule has 0 bridgehead atoms. The van der Waals surface area contributed by atoms with Crippen molar-refractivity contribution in [2.45, 2.75) is 0 Å². The van der Waals surface area contributed by atoms with Crippen LogP contribution in [0.15, 0.2) is 40.9 Å². The minimum Gasteiger partial charge on any atom is -0.494 e. The van der Waals surface area contributed by atoms with E-state index in [0.717, 1.165) is 10.2 Å². The Labute approximate surface area is 113 Å². The standard InChI is InChI=1S/C13H12BrFN2O/c1-18-13-7-12(10(16)6-9(13)15)17-11-5-3-2-4-8(11)14/h2-7,17H,16H2,1H3. The second-order valence-corrected chi connectivity index (χ2v) is 4.53. The topological polar surface area (TPSA) is 47.3 Å². The lowest BCUT2D eigenvalue weighted by Crippen LogP contribution is -1.99. The number of nitrogen functional groups attached to an aromatic ring is 1. The number of hydrogen-bond donors (Lipinski definition) is 2. The summed E-state index contributed by atoms with van der Waals surface area (Å²) in [5.41, 5.74) is 7.54. The molecule has 2 aromatic rings. The highest BCUT2D eigenvalue weighted by molar-refractivity contribution is 9.10. The summed E-state index contributed by atoms with van der Waals surface area (Å²) in [6.45, 7) is 0. The van der Waals surface area contributed by atoms with Crippen LogP contribution in [-0.4, -0.2) is 7.11 Å². The lowest BCUT2D eigenvalue weighted by atomic mass is 10.2. The second kappa shape index (κ2) is 5.27. The summed E-state index contributed by atoms with van der Waals surface area (Å²) in [4.78, 5) is 0. The summed E-state index contributed by atoms with van der Waals surface area (Å²) in [6, 6.07) is 10.4. The normalized spacial score (nSPS) is 10.2. The summed E-state index contributed by atoms with van der Waals surface area (Å²) in [5, 5.41) is 3.12. The minimum absolute atomic E-state index is 0.152. The maximum Gasteiger partial charge on any atom is 0.167 e. The van der Waals surface area contributed by atoms with Crippen LogP contribution in [0.1, 0.15) is 0 Å². The Bertz CT molecular complexity index is 575. The first-order valence-electron chi connectivity index (χ1n) is 5.26. The van der Waals surface area contributed by atoms with Crippen molar-refractivity contribution in [3.05, 3.63) is 46.7 Å². The third-order valence-corrected chi connectivity index (χ3v) is 3.16. The highest BCUT2D eigenvalue weighted by Crippen LogP contribution is 2.32. The lowest BCUT2D eigenvalue weighted by Gasteiger charge is -2.12. The van der Waals surface area contributed by atoms with Gasteiger partial charge in [0.15, 0.2) is 11.6 Å². The Morgan fingerprint density at radius 2 is 1.94 bits per heavy atom. The van der Waals surface area contributed by atoms with Gasteiger partial charge in [-0.25, -0.2) is 4.39 Å². The Balaban J connectivity index is 2.38. The third-order valence-electron chi connectivity index (χ3n) is 2.47. The van der Waals surface area contributed by atoms with Crippen LogP contribution < -0.4 is 15.8 Å². The smallest absolute Gasteiger partial charge is 0.167 e. The highest BCUT2D eigenvalue weighted by Gasteiger charge is 2.09. The van der Waals surface area contributed by atoms with Crippen molar-refractivity contribution in [2.75, 3.05) is 18.2 Å². The van der Waals surface area contributed by atoms with Crippen LogP contribution in [-0.2, 0) is 0 Å². The number of methoxy groups -OCH3 is 1. The number of halogens is 2. The van der Waals surface area contributed by atoms with Crippen molar-refractivity contribution in [2.24, 2.45) is 0 Å². The van der Waals surface area contributed by atoms with Crippen molar-refractivity contribution in [1.82, 2.24) is 0 Å². The molecule has 0 atom stereocenters. The molecule has 0 unspecified atom stereocenters. The molecule has 94 valence electrons. The van der Waals surface area contributed by atoms with Crippen LogP contribution in [0.3, 0.4) is 0 Å². The van der Waals surface area contributed by atoms with E-state index >= 15 is 0 Å². The van der Waals surface area contributed by atoms with Gasteiger partial charge in [0.2, 0.25) is 0 Å². The molecule has 0 saturated carbocycles. The minimum atomic E-state index is -0.479. The first-order chi connectivity index (χ1) is 8.61. The van der Waals surface area contributed by atoms with Crippen molar-refractivity contribution in [3.8, 4) is 5.75 Å². The Morgan fingerprint density at radius 1 is 1.22 bits per heavy atom. The average Bonchev–Trinajstić information content (AvgIpc) is 2.35. The fourth-order valence-corrected chi connectivity index (χ4v) is 1.93. The predicted octanol–water partition coefficient (Wildman–Crippen LogP) is 3.92. The third kappa shape index (κ3) is 2.56. The number of anilines is 3. The molecule has 18 heavy (non-hydrogen) atoms. The molecule has 0 heterocycles. The monoisotopic (exact) mass is 310 g/mol. The van der Waals surface area contributed by atoms with E-state index in [1.54, 1.807) is 0 Å². The summed E-state index contributed by atoms with van der Waals surface area (Å²) in [5.74, 6) is -0.327. The van der Waals surface area contributed by atoms with Crippen LogP contribution in [0.5, 0.6) is 5.75 Å². The van der Waals surface area contributed by atoms with Gasteiger partial charge < -0.3 is 15.8 Å². The van der Waals surface area contributed by atoms with Crippen LogP contribution >= 0.6 is 15.9 Å².